The minimum absolute atomic E-state index is 0.151. The van der Waals surface area contributed by atoms with Gasteiger partial charge in [-0.25, -0.2) is 0 Å². The van der Waals surface area contributed by atoms with Crippen LogP contribution >= 0.6 is 35.4 Å². The van der Waals surface area contributed by atoms with Crippen molar-refractivity contribution in [2.24, 2.45) is 11.7 Å². The van der Waals surface area contributed by atoms with Crippen LogP contribution in [0.4, 0.5) is 5.69 Å². The molecule has 1 aromatic rings. The second-order valence-electron chi connectivity index (χ2n) is 3.24. The molecule has 3 nitrogen and oxygen atoms in total. The Kier molecular flexibility index (Phi) is 4.53. The van der Waals surface area contributed by atoms with Gasteiger partial charge in [0.2, 0.25) is 5.91 Å². The summed E-state index contributed by atoms with van der Waals surface area (Å²) in [5.41, 5.74) is 5.93. The number of benzene rings is 1. The van der Waals surface area contributed by atoms with Crippen molar-refractivity contribution in [3.8, 4) is 0 Å². The summed E-state index contributed by atoms with van der Waals surface area (Å²) in [5, 5.41) is 3.45. The molecule has 0 aliphatic rings. The maximum absolute atomic E-state index is 11.6. The van der Waals surface area contributed by atoms with Crippen LogP contribution in [0.3, 0.4) is 0 Å². The normalized spacial score (nSPS) is 11.9. The first-order chi connectivity index (χ1) is 7.41. The van der Waals surface area contributed by atoms with Crippen LogP contribution in [0.2, 0.25) is 10.0 Å². The van der Waals surface area contributed by atoms with Crippen LogP contribution in [0.15, 0.2) is 18.2 Å². The fourth-order valence-corrected chi connectivity index (χ4v) is 1.36. The summed E-state index contributed by atoms with van der Waals surface area (Å²) in [6, 6.07) is 4.82. The molecule has 1 aromatic carbocycles. The Morgan fingerprint density at radius 1 is 1.44 bits per heavy atom. The molecule has 1 amide bonds. The smallest absolute Gasteiger partial charge is 0.234 e. The molecule has 0 aliphatic carbocycles. The van der Waals surface area contributed by atoms with E-state index in [9.17, 15) is 4.79 Å². The number of hydrogen-bond acceptors (Lipinski definition) is 2. The molecular formula is C10H10Cl2N2OS. The van der Waals surface area contributed by atoms with E-state index in [1.54, 1.807) is 25.1 Å². The van der Waals surface area contributed by atoms with Crippen molar-refractivity contribution in [1.82, 2.24) is 0 Å². The molecule has 0 fully saturated rings. The van der Waals surface area contributed by atoms with E-state index in [2.05, 4.69) is 5.32 Å². The number of rotatable bonds is 3. The second kappa shape index (κ2) is 5.48. The van der Waals surface area contributed by atoms with Gasteiger partial charge in [0, 0.05) is 5.69 Å². The number of nitrogens with two attached hydrogens (primary N) is 1. The van der Waals surface area contributed by atoms with Gasteiger partial charge < -0.3 is 11.1 Å². The van der Waals surface area contributed by atoms with Crippen LogP contribution in [0.5, 0.6) is 0 Å². The molecule has 1 atom stereocenters. The highest BCUT2D eigenvalue weighted by Crippen LogP contribution is 2.25. The molecule has 0 radical (unpaired) electrons. The number of thiocarbonyl (C=S) groups is 1. The lowest BCUT2D eigenvalue weighted by molar-refractivity contribution is -0.117. The Morgan fingerprint density at radius 3 is 2.56 bits per heavy atom. The van der Waals surface area contributed by atoms with Gasteiger partial charge in [0.15, 0.2) is 0 Å². The van der Waals surface area contributed by atoms with Gasteiger partial charge >= 0.3 is 0 Å². The quantitative estimate of drug-likeness (QED) is 0.835. The number of amides is 1. The number of nitrogens with one attached hydrogen (secondary N) is 1. The van der Waals surface area contributed by atoms with Crippen molar-refractivity contribution in [3.05, 3.63) is 28.2 Å². The van der Waals surface area contributed by atoms with Crippen molar-refractivity contribution in [3.63, 3.8) is 0 Å². The minimum atomic E-state index is -0.524. The molecule has 1 rings (SSSR count). The highest BCUT2D eigenvalue weighted by Gasteiger charge is 2.15. The van der Waals surface area contributed by atoms with Crippen LogP contribution < -0.4 is 11.1 Å². The lowest BCUT2D eigenvalue weighted by atomic mass is 10.1. The third-order valence-electron chi connectivity index (χ3n) is 2.01. The van der Waals surface area contributed by atoms with Crippen LogP contribution in [0, 0.1) is 5.92 Å². The average Bonchev–Trinajstić information content (AvgIpc) is 2.22. The van der Waals surface area contributed by atoms with Gasteiger partial charge in [-0.15, -0.1) is 0 Å². The predicted octanol–water partition coefficient (Wildman–Crippen LogP) is 2.85. The molecule has 1 unspecified atom stereocenters. The van der Waals surface area contributed by atoms with Gasteiger partial charge in [-0.3, -0.25) is 4.79 Å². The maximum Gasteiger partial charge on any atom is 0.234 e. The Labute approximate surface area is 109 Å². The number of carbonyl (C=O) groups is 1. The summed E-state index contributed by atoms with van der Waals surface area (Å²) in [5.74, 6) is -0.796. The third-order valence-corrected chi connectivity index (χ3v) is 3.10. The van der Waals surface area contributed by atoms with Crippen LogP contribution in [-0.2, 0) is 4.79 Å². The largest absolute Gasteiger partial charge is 0.393 e. The molecule has 86 valence electrons. The van der Waals surface area contributed by atoms with Gasteiger partial charge in [-0.1, -0.05) is 35.4 Å². The minimum Gasteiger partial charge on any atom is -0.393 e. The lowest BCUT2D eigenvalue weighted by Gasteiger charge is -2.10. The Bertz CT molecular complexity index is 437. The van der Waals surface area contributed by atoms with Crippen molar-refractivity contribution >= 4 is 52.0 Å². The van der Waals surface area contributed by atoms with E-state index in [0.717, 1.165) is 0 Å². The second-order valence-corrected chi connectivity index (χ2v) is 4.53. The Morgan fingerprint density at radius 2 is 2.06 bits per heavy atom. The number of carbonyl (C=O) groups excluding carboxylic acids is 1. The number of anilines is 1. The highest BCUT2D eigenvalue weighted by atomic mass is 35.5. The van der Waals surface area contributed by atoms with Crippen LogP contribution in [0.25, 0.3) is 0 Å². The summed E-state index contributed by atoms with van der Waals surface area (Å²) >= 11 is 16.3. The summed E-state index contributed by atoms with van der Waals surface area (Å²) in [4.78, 5) is 11.7. The van der Waals surface area contributed by atoms with Gasteiger partial charge in [0.05, 0.1) is 21.0 Å². The van der Waals surface area contributed by atoms with Gasteiger partial charge in [0.1, 0.15) is 0 Å². The lowest BCUT2D eigenvalue weighted by Crippen LogP contribution is -2.30. The highest BCUT2D eigenvalue weighted by molar-refractivity contribution is 7.80. The summed E-state index contributed by atoms with van der Waals surface area (Å²) < 4.78 is 0. The zero-order valence-electron chi connectivity index (χ0n) is 8.46. The topological polar surface area (TPSA) is 55.1 Å². The summed E-state index contributed by atoms with van der Waals surface area (Å²) in [7, 11) is 0. The van der Waals surface area contributed by atoms with E-state index < -0.39 is 5.92 Å². The molecule has 3 N–H and O–H groups in total. The van der Waals surface area contributed by atoms with Crippen LogP contribution in [0.1, 0.15) is 6.92 Å². The van der Waals surface area contributed by atoms with E-state index in [1.807, 2.05) is 0 Å². The molecule has 16 heavy (non-hydrogen) atoms. The third kappa shape index (κ3) is 3.33. The molecule has 0 aliphatic heterocycles. The van der Waals surface area contributed by atoms with Crippen molar-refractivity contribution in [2.75, 3.05) is 5.32 Å². The molecule has 0 heterocycles. The van der Waals surface area contributed by atoms with Gasteiger partial charge in [-0.05, 0) is 25.1 Å². The zero-order chi connectivity index (χ0) is 12.3. The molecule has 0 saturated heterocycles. The average molecular weight is 277 g/mol. The number of halogens is 2. The molecule has 0 bridgehead atoms. The fraction of sp³-hybridized carbons (Fsp3) is 0.200. The molecule has 0 saturated carbocycles. The van der Waals surface area contributed by atoms with Crippen molar-refractivity contribution in [2.45, 2.75) is 6.92 Å². The predicted molar refractivity (Wildman–Crippen MR) is 71.0 cm³/mol. The van der Waals surface area contributed by atoms with E-state index in [4.69, 9.17) is 41.2 Å². The van der Waals surface area contributed by atoms with E-state index >= 15 is 0 Å². The van der Waals surface area contributed by atoms with E-state index in [-0.39, 0.29) is 10.9 Å². The van der Waals surface area contributed by atoms with Crippen molar-refractivity contribution in [1.29, 1.82) is 0 Å². The number of hydrogen-bond donors (Lipinski definition) is 2. The SMILES string of the molecule is CC(C(=O)Nc1ccc(Cl)c(Cl)c1)C(N)=S. The summed E-state index contributed by atoms with van der Waals surface area (Å²) in [6.45, 7) is 1.63. The molecule has 6 heteroatoms. The monoisotopic (exact) mass is 276 g/mol. The van der Waals surface area contributed by atoms with Crippen LogP contribution in [-0.4, -0.2) is 10.9 Å². The van der Waals surface area contributed by atoms with Gasteiger partial charge in [-0.2, -0.15) is 0 Å². The van der Waals surface area contributed by atoms with E-state index in [0.29, 0.717) is 15.7 Å². The van der Waals surface area contributed by atoms with Crippen molar-refractivity contribution < 1.29 is 4.79 Å². The Hall–Kier alpha value is -0.840. The molecular weight excluding hydrogens is 267 g/mol. The maximum atomic E-state index is 11.6. The zero-order valence-corrected chi connectivity index (χ0v) is 10.8. The Balaban J connectivity index is 2.77. The fourth-order valence-electron chi connectivity index (χ4n) is 0.954. The first-order valence-corrected chi connectivity index (χ1v) is 5.63. The summed E-state index contributed by atoms with van der Waals surface area (Å²) in [6.07, 6.45) is 0. The van der Waals surface area contributed by atoms with Gasteiger partial charge in [0.25, 0.3) is 0 Å². The first-order valence-electron chi connectivity index (χ1n) is 4.47. The standard InChI is InChI=1S/C10H10Cl2N2OS/c1-5(9(13)16)10(15)14-6-2-3-7(11)8(12)4-6/h2-5H,1H3,(H2,13,16)(H,14,15). The molecule has 0 spiro atoms. The molecule has 0 aromatic heterocycles. The van der Waals surface area contributed by atoms with E-state index in [1.165, 1.54) is 0 Å². The first kappa shape index (κ1) is 13.2.